The van der Waals surface area contributed by atoms with E-state index >= 15 is 0 Å². The van der Waals surface area contributed by atoms with Crippen LogP contribution in [0.4, 0.5) is 0 Å². The summed E-state index contributed by atoms with van der Waals surface area (Å²) in [6.07, 6.45) is 0. The highest BCUT2D eigenvalue weighted by molar-refractivity contribution is 7.89. The molecule has 0 fully saturated rings. The molecule has 0 aromatic heterocycles. The SMILES string of the molecule is O=S(=O)([O-])c1ccc2cc(S(=O)(=O)[O-])c(S(=O)(=O)[O-])cc2c1. The van der Waals surface area contributed by atoms with Crippen molar-refractivity contribution in [3.8, 4) is 0 Å². The minimum Gasteiger partial charge on any atom is -0.744 e. The molecule has 22 heavy (non-hydrogen) atoms. The maximum atomic E-state index is 11.1. The Labute approximate surface area is 125 Å². The van der Waals surface area contributed by atoms with Gasteiger partial charge >= 0.3 is 0 Å². The first kappa shape index (κ1) is 16.8. The summed E-state index contributed by atoms with van der Waals surface area (Å²) >= 11 is 0. The van der Waals surface area contributed by atoms with Gasteiger partial charge < -0.3 is 13.7 Å². The van der Waals surface area contributed by atoms with E-state index in [4.69, 9.17) is 0 Å². The minimum absolute atomic E-state index is 0.0331. The third-order valence-corrected chi connectivity index (χ3v) is 5.42. The van der Waals surface area contributed by atoms with Crippen LogP contribution in [0.3, 0.4) is 0 Å². The summed E-state index contributed by atoms with van der Waals surface area (Å²) in [5, 5.41) is -0.229. The van der Waals surface area contributed by atoms with Gasteiger partial charge in [-0.25, -0.2) is 25.3 Å². The first-order chi connectivity index (χ1) is 9.80. The van der Waals surface area contributed by atoms with Crippen LogP contribution in [0.25, 0.3) is 10.8 Å². The van der Waals surface area contributed by atoms with Gasteiger partial charge in [0.05, 0.1) is 14.7 Å². The maximum Gasteiger partial charge on any atom is 0.125 e. The molecule has 0 saturated carbocycles. The molecule has 120 valence electrons. The largest absolute Gasteiger partial charge is 0.744 e. The minimum atomic E-state index is -5.31. The monoisotopic (exact) mass is 365 g/mol. The zero-order valence-electron chi connectivity index (χ0n) is 10.3. The summed E-state index contributed by atoms with van der Waals surface area (Å²) in [6, 6.07) is 3.81. The first-order valence-electron chi connectivity index (χ1n) is 5.26. The summed E-state index contributed by atoms with van der Waals surface area (Å²) in [4.78, 5) is -3.25. The van der Waals surface area contributed by atoms with Gasteiger partial charge in [0.15, 0.2) is 0 Å². The van der Waals surface area contributed by atoms with Crippen LogP contribution in [0.1, 0.15) is 0 Å². The topological polar surface area (TPSA) is 172 Å². The maximum absolute atomic E-state index is 11.1. The van der Waals surface area contributed by atoms with Crippen LogP contribution in [0.2, 0.25) is 0 Å². The van der Waals surface area contributed by atoms with Crippen LogP contribution >= 0.6 is 0 Å². The zero-order valence-corrected chi connectivity index (χ0v) is 12.7. The van der Waals surface area contributed by atoms with E-state index in [1.807, 2.05) is 0 Å². The van der Waals surface area contributed by atoms with Gasteiger partial charge in [-0.05, 0) is 35.0 Å². The molecule has 2 aromatic rings. The lowest BCUT2D eigenvalue weighted by Gasteiger charge is -2.17. The fourth-order valence-electron chi connectivity index (χ4n) is 1.78. The summed E-state index contributed by atoms with van der Waals surface area (Å²) in [6.45, 7) is 0. The molecule has 0 aliphatic rings. The Balaban J connectivity index is 2.97. The van der Waals surface area contributed by atoms with E-state index in [0.29, 0.717) is 12.1 Å². The van der Waals surface area contributed by atoms with Gasteiger partial charge in [-0.3, -0.25) is 0 Å². The second-order valence-corrected chi connectivity index (χ2v) is 8.25. The smallest absolute Gasteiger partial charge is 0.125 e. The molecule has 9 nitrogen and oxygen atoms in total. The Hall–Kier alpha value is -1.57. The van der Waals surface area contributed by atoms with Crippen molar-refractivity contribution in [1.82, 2.24) is 0 Å². The quantitative estimate of drug-likeness (QED) is 0.653. The Morgan fingerprint density at radius 2 is 1.05 bits per heavy atom. The summed E-state index contributed by atoms with van der Waals surface area (Å²) in [5.41, 5.74) is 0. The predicted octanol–water partition coefficient (Wildman–Crippen LogP) is -0.448. The second kappa shape index (κ2) is 4.97. The molecule has 0 atom stereocenters. The van der Waals surface area contributed by atoms with Gasteiger partial charge in [0.25, 0.3) is 0 Å². The van der Waals surface area contributed by atoms with Crippen molar-refractivity contribution in [3.63, 3.8) is 0 Å². The molecule has 0 bridgehead atoms. The van der Waals surface area contributed by atoms with Gasteiger partial charge in [-0.1, -0.05) is 6.07 Å². The molecule has 0 spiro atoms. The zero-order chi connectivity index (χ0) is 16.9. The summed E-state index contributed by atoms with van der Waals surface area (Å²) < 4.78 is 99.2. The number of fused-ring (bicyclic) bond motifs is 1. The van der Waals surface area contributed by atoms with Crippen LogP contribution in [0.15, 0.2) is 45.0 Å². The number of rotatable bonds is 3. The molecule has 0 N–H and O–H groups in total. The van der Waals surface area contributed by atoms with Crippen LogP contribution in [-0.2, 0) is 30.4 Å². The molecule has 0 radical (unpaired) electrons. The van der Waals surface area contributed by atoms with Crippen molar-refractivity contribution in [2.75, 3.05) is 0 Å². The van der Waals surface area contributed by atoms with Crippen LogP contribution in [0, 0.1) is 0 Å². The van der Waals surface area contributed by atoms with E-state index in [9.17, 15) is 38.9 Å². The fraction of sp³-hybridized carbons (Fsp3) is 0. The Kier molecular flexibility index (Phi) is 3.80. The van der Waals surface area contributed by atoms with Crippen molar-refractivity contribution in [3.05, 3.63) is 30.3 Å². The van der Waals surface area contributed by atoms with Crippen LogP contribution < -0.4 is 0 Å². The molecule has 2 aromatic carbocycles. The van der Waals surface area contributed by atoms with E-state index in [-0.39, 0.29) is 10.8 Å². The molecule has 0 aliphatic carbocycles. The number of hydrogen-bond acceptors (Lipinski definition) is 9. The predicted molar refractivity (Wildman–Crippen MR) is 67.8 cm³/mol. The molecule has 0 amide bonds. The highest BCUT2D eigenvalue weighted by atomic mass is 32.2. The standard InChI is InChI=1S/C10H8O9S3/c11-20(12,13)8-2-1-6-4-9(21(14,15)16)10(22(17,18)19)5-7(6)3-8/h1-5H,(H,11,12,13)(H,14,15,16)(H,17,18,19)/p-3. The van der Waals surface area contributed by atoms with Crippen LogP contribution in [-0.4, -0.2) is 38.9 Å². The lowest BCUT2D eigenvalue weighted by molar-refractivity contribution is 0.447. The summed E-state index contributed by atoms with van der Waals surface area (Å²) in [7, 11) is -15.4. The number of benzene rings is 2. The van der Waals surface area contributed by atoms with E-state index in [1.54, 1.807) is 0 Å². The van der Waals surface area contributed by atoms with E-state index in [1.165, 1.54) is 0 Å². The lowest BCUT2D eigenvalue weighted by atomic mass is 10.1. The van der Waals surface area contributed by atoms with Crippen molar-refractivity contribution in [2.45, 2.75) is 14.7 Å². The van der Waals surface area contributed by atoms with Crippen LogP contribution in [0.5, 0.6) is 0 Å². The fourth-order valence-corrected chi connectivity index (χ4v) is 4.05. The number of hydrogen-bond donors (Lipinski definition) is 0. The van der Waals surface area contributed by atoms with Gasteiger partial charge in [-0.2, -0.15) is 0 Å². The van der Waals surface area contributed by atoms with Crippen molar-refractivity contribution < 1.29 is 38.9 Å². The molecule has 2 rings (SSSR count). The van der Waals surface area contributed by atoms with Gasteiger partial charge in [0.2, 0.25) is 0 Å². The van der Waals surface area contributed by atoms with E-state index in [2.05, 4.69) is 0 Å². The molecule has 0 unspecified atom stereocenters. The van der Waals surface area contributed by atoms with Gasteiger partial charge in [-0.15, -0.1) is 0 Å². The lowest BCUT2D eigenvalue weighted by Crippen LogP contribution is -2.09. The van der Waals surface area contributed by atoms with Crippen molar-refractivity contribution >= 4 is 41.1 Å². The Morgan fingerprint density at radius 1 is 0.591 bits per heavy atom. The van der Waals surface area contributed by atoms with Crippen molar-refractivity contribution in [1.29, 1.82) is 0 Å². The average Bonchev–Trinajstić information content (AvgIpc) is 2.33. The molecular weight excluding hydrogens is 360 g/mol. The average molecular weight is 365 g/mol. The molecule has 12 heteroatoms. The molecule has 0 aliphatic heterocycles. The molecule has 0 heterocycles. The Morgan fingerprint density at radius 3 is 1.45 bits per heavy atom. The van der Waals surface area contributed by atoms with E-state index < -0.39 is 45.0 Å². The van der Waals surface area contributed by atoms with Crippen molar-refractivity contribution in [2.24, 2.45) is 0 Å². The Bertz CT molecular complexity index is 1080. The first-order valence-corrected chi connectivity index (χ1v) is 9.48. The van der Waals surface area contributed by atoms with E-state index in [0.717, 1.165) is 18.2 Å². The highest BCUT2D eigenvalue weighted by Crippen LogP contribution is 2.28. The third-order valence-electron chi connectivity index (χ3n) is 2.70. The van der Waals surface area contributed by atoms with Gasteiger partial charge in [0, 0.05) is 0 Å². The molecule has 0 saturated heterocycles. The summed E-state index contributed by atoms with van der Waals surface area (Å²) in [5.74, 6) is 0. The normalized spacial score (nSPS) is 13.4. The second-order valence-electron chi connectivity index (χ2n) is 4.17. The van der Waals surface area contributed by atoms with Gasteiger partial charge in [0.1, 0.15) is 30.4 Å². The molecular formula is C10H5O9S3-3. The third kappa shape index (κ3) is 3.26. The highest BCUT2D eigenvalue weighted by Gasteiger charge is 2.16.